The maximum Gasteiger partial charge on any atom is 0.236 e. The lowest BCUT2D eigenvalue weighted by atomic mass is 10.3. The summed E-state index contributed by atoms with van der Waals surface area (Å²) in [5.41, 5.74) is 1.71. The topological polar surface area (TPSA) is 105 Å². The van der Waals surface area contributed by atoms with Crippen LogP contribution in [-0.4, -0.2) is 31.6 Å². The van der Waals surface area contributed by atoms with E-state index in [9.17, 15) is 4.79 Å². The monoisotopic (exact) mass is 435 g/mol. The highest BCUT2D eigenvalue weighted by Crippen LogP contribution is 2.22. The summed E-state index contributed by atoms with van der Waals surface area (Å²) in [7, 11) is 0. The Hall–Kier alpha value is -3.50. The zero-order chi connectivity index (χ0) is 20.6. The fourth-order valence-corrected chi connectivity index (χ4v) is 3.58. The van der Waals surface area contributed by atoms with Crippen molar-refractivity contribution in [3.63, 3.8) is 0 Å². The number of aromatic nitrogens is 4. The van der Waals surface area contributed by atoms with Gasteiger partial charge in [-0.15, -0.1) is 11.3 Å². The maximum atomic E-state index is 12.2. The third-order valence-corrected chi connectivity index (χ3v) is 5.22. The third-order valence-electron chi connectivity index (χ3n) is 3.69. The quantitative estimate of drug-likeness (QED) is 0.346. The van der Waals surface area contributed by atoms with Gasteiger partial charge in [0.15, 0.2) is 10.3 Å². The van der Waals surface area contributed by atoms with Gasteiger partial charge in [-0.3, -0.25) is 4.79 Å². The molecular weight excluding hydrogens is 418 g/mol. The van der Waals surface area contributed by atoms with Crippen LogP contribution < -0.4 is 16.0 Å². The molecule has 1 amide bonds. The summed E-state index contributed by atoms with van der Waals surface area (Å²) in [6.45, 7) is 0. The van der Waals surface area contributed by atoms with Crippen LogP contribution in [-0.2, 0) is 4.79 Å². The summed E-state index contributed by atoms with van der Waals surface area (Å²) in [6.07, 6.45) is 1.64. The number of para-hydroxylation sites is 2. The average molecular weight is 436 g/mol. The number of benzene rings is 2. The molecule has 0 unspecified atom stereocenters. The highest BCUT2D eigenvalue weighted by Gasteiger charge is 2.11. The second kappa shape index (κ2) is 9.81. The lowest BCUT2D eigenvalue weighted by Crippen LogP contribution is -2.14. The highest BCUT2D eigenvalue weighted by molar-refractivity contribution is 7.99. The number of rotatable bonds is 8. The molecule has 0 saturated carbocycles. The Morgan fingerprint density at radius 3 is 2.00 bits per heavy atom. The molecule has 0 atom stereocenters. The van der Waals surface area contributed by atoms with Gasteiger partial charge in [-0.05, 0) is 24.3 Å². The van der Waals surface area contributed by atoms with Gasteiger partial charge in [-0.1, -0.05) is 48.2 Å². The summed E-state index contributed by atoms with van der Waals surface area (Å²) < 4.78 is 0. The van der Waals surface area contributed by atoms with Crippen molar-refractivity contribution in [3.05, 3.63) is 72.2 Å². The van der Waals surface area contributed by atoms with Gasteiger partial charge in [-0.25, -0.2) is 4.98 Å². The van der Waals surface area contributed by atoms with E-state index < -0.39 is 0 Å². The van der Waals surface area contributed by atoms with Gasteiger partial charge in [0, 0.05) is 23.0 Å². The number of carbonyl (C=O) groups excluding carboxylic acids is 1. The molecule has 30 heavy (non-hydrogen) atoms. The Bertz CT molecular complexity index is 1030. The van der Waals surface area contributed by atoms with E-state index in [-0.39, 0.29) is 11.7 Å². The second-order valence-corrected chi connectivity index (χ2v) is 7.76. The average Bonchev–Trinajstić information content (AvgIpc) is 3.27. The molecule has 0 fully saturated rings. The molecule has 4 aromatic rings. The van der Waals surface area contributed by atoms with Crippen LogP contribution in [0.15, 0.2) is 77.4 Å². The van der Waals surface area contributed by atoms with Crippen molar-refractivity contribution in [1.29, 1.82) is 0 Å². The first-order valence-corrected chi connectivity index (χ1v) is 10.8. The number of carbonyl (C=O) groups is 1. The van der Waals surface area contributed by atoms with E-state index in [1.54, 1.807) is 11.6 Å². The van der Waals surface area contributed by atoms with E-state index >= 15 is 0 Å². The second-order valence-electron chi connectivity index (χ2n) is 5.92. The van der Waals surface area contributed by atoms with Crippen LogP contribution in [0, 0.1) is 0 Å². The summed E-state index contributed by atoms with van der Waals surface area (Å²) in [4.78, 5) is 29.5. The van der Waals surface area contributed by atoms with E-state index in [2.05, 4.69) is 35.9 Å². The van der Waals surface area contributed by atoms with E-state index in [0.717, 1.165) is 11.4 Å². The van der Waals surface area contributed by atoms with Crippen LogP contribution in [0.4, 0.5) is 28.4 Å². The number of nitrogens with zero attached hydrogens (tertiary/aromatic N) is 4. The third kappa shape index (κ3) is 5.75. The fraction of sp³-hybridized carbons (Fsp3) is 0.0500. The Morgan fingerprint density at radius 1 is 0.867 bits per heavy atom. The minimum atomic E-state index is -0.175. The number of anilines is 5. The van der Waals surface area contributed by atoms with Gasteiger partial charge in [0.25, 0.3) is 0 Å². The first kappa shape index (κ1) is 19.8. The predicted molar refractivity (Wildman–Crippen MR) is 121 cm³/mol. The zero-order valence-electron chi connectivity index (χ0n) is 15.6. The minimum Gasteiger partial charge on any atom is -0.324 e. The summed E-state index contributed by atoms with van der Waals surface area (Å²) in [5.74, 6) is 0.750. The van der Waals surface area contributed by atoms with Crippen molar-refractivity contribution in [2.75, 3.05) is 21.7 Å². The molecule has 150 valence electrons. The Kier molecular flexibility index (Phi) is 6.47. The van der Waals surface area contributed by atoms with Gasteiger partial charge in [0.2, 0.25) is 17.8 Å². The molecule has 0 aliphatic carbocycles. The smallest absolute Gasteiger partial charge is 0.236 e. The van der Waals surface area contributed by atoms with Crippen molar-refractivity contribution in [1.82, 2.24) is 19.9 Å². The predicted octanol–water partition coefficient (Wildman–Crippen LogP) is 4.55. The summed E-state index contributed by atoms with van der Waals surface area (Å²) in [6, 6.07) is 19.2. The molecule has 0 saturated heterocycles. The van der Waals surface area contributed by atoms with Crippen LogP contribution in [0.3, 0.4) is 0 Å². The normalized spacial score (nSPS) is 10.4. The minimum absolute atomic E-state index is 0.152. The van der Waals surface area contributed by atoms with Gasteiger partial charge < -0.3 is 16.0 Å². The number of thioether (sulfide) groups is 1. The SMILES string of the molecule is O=C(CSc1nc(Nc2ccccc2)nc(Nc2ccccc2)n1)Nc1nccs1. The van der Waals surface area contributed by atoms with Gasteiger partial charge >= 0.3 is 0 Å². The molecule has 0 aliphatic heterocycles. The molecule has 2 aromatic heterocycles. The van der Waals surface area contributed by atoms with Gasteiger partial charge in [0.05, 0.1) is 5.75 Å². The molecule has 0 radical (unpaired) electrons. The molecule has 4 rings (SSSR count). The maximum absolute atomic E-state index is 12.2. The molecule has 0 bridgehead atoms. The standard InChI is InChI=1S/C20H17N7OS2/c28-16(24-19-21-11-12-29-19)13-30-20-26-17(22-14-7-3-1-4-8-14)25-18(27-20)23-15-9-5-2-6-10-15/h1-12H,13H2,(H,21,24,28)(H2,22,23,25,26,27). The molecule has 0 aliphatic rings. The Morgan fingerprint density at radius 2 is 1.47 bits per heavy atom. The van der Waals surface area contributed by atoms with Crippen molar-refractivity contribution in [2.24, 2.45) is 0 Å². The first-order valence-electron chi connectivity index (χ1n) is 8.97. The van der Waals surface area contributed by atoms with Crippen LogP contribution in [0.25, 0.3) is 0 Å². The van der Waals surface area contributed by atoms with Crippen LogP contribution >= 0.6 is 23.1 Å². The molecular formula is C20H17N7OS2. The zero-order valence-corrected chi connectivity index (χ0v) is 17.3. The van der Waals surface area contributed by atoms with Crippen LogP contribution in [0.5, 0.6) is 0 Å². The summed E-state index contributed by atoms with van der Waals surface area (Å²) in [5, 5.41) is 11.9. The van der Waals surface area contributed by atoms with E-state index in [1.165, 1.54) is 23.1 Å². The molecule has 2 aromatic carbocycles. The molecule has 2 heterocycles. The van der Waals surface area contributed by atoms with Crippen LogP contribution in [0.2, 0.25) is 0 Å². The Labute approximate surface area is 181 Å². The molecule has 3 N–H and O–H groups in total. The molecule has 0 spiro atoms. The van der Waals surface area contributed by atoms with Crippen molar-refractivity contribution in [3.8, 4) is 0 Å². The summed E-state index contributed by atoms with van der Waals surface area (Å²) >= 11 is 2.59. The lowest BCUT2D eigenvalue weighted by molar-refractivity contribution is -0.113. The number of hydrogen-bond donors (Lipinski definition) is 3. The van der Waals surface area contributed by atoms with Gasteiger partial charge in [0.1, 0.15) is 0 Å². The van der Waals surface area contributed by atoms with Crippen LogP contribution in [0.1, 0.15) is 0 Å². The first-order chi connectivity index (χ1) is 14.7. The lowest BCUT2D eigenvalue weighted by Gasteiger charge is -2.10. The number of thiazole rings is 1. The number of amides is 1. The molecule has 10 heteroatoms. The van der Waals surface area contributed by atoms with E-state index in [1.807, 2.05) is 60.7 Å². The van der Waals surface area contributed by atoms with E-state index in [0.29, 0.717) is 22.2 Å². The van der Waals surface area contributed by atoms with Crippen molar-refractivity contribution in [2.45, 2.75) is 5.16 Å². The number of hydrogen-bond acceptors (Lipinski definition) is 9. The Balaban J connectivity index is 1.51. The number of nitrogens with one attached hydrogen (secondary N) is 3. The highest BCUT2D eigenvalue weighted by atomic mass is 32.2. The van der Waals surface area contributed by atoms with Crippen molar-refractivity contribution < 1.29 is 4.79 Å². The fourth-order valence-electron chi connectivity index (χ4n) is 2.40. The van der Waals surface area contributed by atoms with Gasteiger partial charge in [-0.2, -0.15) is 15.0 Å². The van der Waals surface area contributed by atoms with E-state index in [4.69, 9.17) is 0 Å². The molecule has 8 nitrogen and oxygen atoms in total. The van der Waals surface area contributed by atoms with Crippen molar-refractivity contribution >= 4 is 57.4 Å². The largest absolute Gasteiger partial charge is 0.324 e.